The van der Waals surface area contributed by atoms with Crippen LogP contribution in [0.5, 0.6) is 17.2 Å². The zero-order valence-corrected chi connectivity index (χ0v) is 21.2. The maximum absolute atomic E-state index is 13.5. The van der Waals surface area contributed by atoms with E-state index in [1.807, 2.05) is 13.0 Å². The summed E-state index contributed by atoms with van der Waals surface area (Å²) in [6.45, 7) is 2.37. The molecule has 1 saturated heterocycles. The molecular formula is C28H24N2O6S. The van der Waals surface area contributed by atoms with E-state index in [0.29, 0.717) is 45.6 Å². The Balaban J connectivity index is 1.70. The van der Waals surface area contributed by atoms with Crippen molar-refractivity contribution in [1.82, 2.24) is 4.98 Å². The van der Waals surface area contributed by atoms with Crippen molar-refractivity contribution in [3.63, 3.8) is 0 Å². The summed E-state index contributed by atoms with van der Waals surface area (Å²) in [5.74, 6) is -0.122. The zero-order valence-electron chi connectivity index (χ0n) is 20.4. The third-order valence-electron chi connectivity index (χ3n) is 6.11. The number of anilines is 1. The van der Waals surface area contributed by atoms with Gasteiger partial charge in [0.05, 0.1) is 36.6 Å². The zero-order chi connectivity index (χ0) is 26.1. The monoisotopic (exact) mass is 516 g/mol. The number of benzene rings is 3. The summed E-state index contributed by atoms with van der Waals surface area (Å²) < 4.78 is 17.2. The Morgan fingerprint density at radius 2 is 1.73 bits per heavy atom. The fraction of sp³-hybridized carbons (Fsp3) is 0.179. The molecule has 4 aromatic rings. The maximum Gasteiger partial charge on any atom is 0.301 e. The fourth-order valence-corrected chi connectivity index (χ4v) is 5.39. The Morgan fingerprint density at radius 3 is 2.43 bits per heavy atom. The highest BCUT2D eigenvalue weighted by atomic mass is 32.1. The van der Waals surface area contributed by atoms with Crippen LogP contribution in [0.4, 0.5) is 5.13 Å². The number of hydrogen-bond acceptors (Lipinski definition) is 8. The van der Waals surface area contributed by atoms with Gasteiger partial charge < -0.3 is 19.3 Å². The first kappa shape index (κ1) is 24.3. The van der Waals surface area contributed by atoms with Crippen LogP contribution in [0.15, 0.2) is 72.3 Å². The molecule has 0 spiro atoms. The van der Waals surface area contributed by atoms with Gasteiger partial charge in [0, 0.05) is 11.1 Å². The number of ether oxygens (including phenoxy) is 3. The topological polar surface area (TPSA) is 98.2 Å². The molecule has 0 unspecified atom stereocenters. The molecule has 37 heavy (non-hydrogen) atoms. The summed E-state index contributed by atoms with van der Waals surface area (Å²) >= 11 is 1.26. The van der Waals surface area contributed by atoms with Crippen LogP contribution in [0.1, 0.15) is 24.1 Å². The standard InChI is InChI=1S/C28H24N2O6S/c1-4-36-17-11-9-16(10-12-17)25(31)23-24(19-7-5-6-8-21(19)35-3)30(27(33)26(23)32)28-29-20-14-13-18(34-2)15-22(20)37-28/h5-15,24,31H,4H2,1-3H3/t24-/m0/s1. The lowest BCUT2D eigenvalue weighted by Gasteiger charge is -2.24. The number of methoxy groups -OCH3 is 2. The van der Waals surface area contributed by atoms with Crippen LogP contribution in [0.2, 0.25) is 0 Å². The molecule has 2 heterocycles. The molecule has 1 N–H and O–H groups in total. The lowest BCUT2D eigenvalue weighted by atomic mass is 9.94. The van der Waals surface area contributed by atoms with Crippen molar-refractivity contribution in [3.05, 3.63) is 83.4 Å². The van der Waals surface area contributed by atoms with E-state index >= 15 is 0 Å². The molecular weight excluding hydrogens is 492 g/mol. The number of aromatic nitrogens is 1. The van der Waals surface area contributed by atoms with Gasteiger partial charge in [-0.3, -0.25) is 14.5 Å². The summed E-state index contributed by atoms with van der Waals surface area (Å²) in [5.41, 5.74) is 1.55. The Labute approximate surface area is 217 Å². The quantitative estimate of drug-likeness (QED) is 0.201. The first-order chi connectivity index (χ1) is 18.0. The van der Waals surface area contributed by atoms with Crippen molar-refractivity contribution in [2.24, 2.45) is 0 Å². The molecule has 9 heteroatoms. The van der Waals surface area contributed by atoms with Gasteiger partial charge in [-0.25, -0.2) is 4.98 Å². The minimum absolute atomic E-state index is 0.0458. The van der Waals surface area contributed by atoms with Crippen LogP contribution in [0.25, 0.3) is 16.0 Å². The molecule has 0 saturated carbocycles. The average Bonchev–Trinajstić information content (AvgIpc) is 3.46. The van der Waals surface area contributed by atoms with Crippen molar-refractivity contribution >= 4 is 44.1 Å². The van der Waals surface area contributed by atoms with Crippen LogP contribution >= 0.6 is 11.3 Å². The van der Waals surface area contributed by atoms with Crippen molar-refractivity contribution in [3.8, 4) is 17.2 Å². The van der Waals surface area contributed by atoms with E-state index in [1.165, 1.54) is 23.3 Å². The van der Waals surface area contributed by atoms with E-state index in [0.717, 1.165) is 4.70 Å². The molecule has 8 nitrogen and oxygen atoms in total. The van der Waals surface area contributed by atoms with Gasteiger partial charge in [-0.1, -0.05) is 29.5 Å². The minimum atomic E-state index is -0.954. The molecule has 1 amide bonds. The van der Waals surface area contributed by atoms with E-state index in [-0.39, 0.29) is 11.3 Å². The third kappa shape index (κ3) is 4.27. The number of hydrogen-bond donors (Lipinski definition) is 1. The lowest BCUT2D eigenvalue weighted by Crippen LogP contribution is -2.29. The van der Waals surface area contributed by atoms with E-state index in [2.05, 4.69) is 4.98 Å². The number of nitrogens with zero attached hydrogens (tertiary/aromatic N) is 2. The predicted molar refractivity (Wildman–Crippen MR) is 142 cm³/mol. The Bertz CT molecular complexity index is 1530. The number of thiazole rings is 1. The Kier molecular flexibility index (Phi) is 6.54. The number of amides is 1. The molecule has 1 aliphatic heterocycles. The third-order valence-corrected chi connectivity index (χ3v) is 7.12. The number of para-hydroxylation sites is 1. The van der Waals surface area contributed by atoms with Crippen molar-refractivity contribution in [2.45, 2.75) is 13.0 Å². The highest BCUT2D eigenvalue weighted by Crippen LogP contribution is 2.46. The van der Waals surface area contributed by atoms with E-state index in [9.17, 15) is 14.7 Å². The van der Waals surface area contributed by atoms with Gasteiger partial charge in [-0.2, -0.15) is 0 Å². The van der Waals surface area contributed by atoms with Crippen LogP contribution in [-0.4, -0.2) is 42.6 Å². The van der Waals surface area contributed by atoms with Gasteiger partial charge in [0.25, 0.3) is 5.78 Å². The molecule has 1 fully saturated rings. The molecule has 1 atom stereocenters. The number of ketones is 1. The number of fused-ring (bicyclic) bond motifs is 1. The minimum Gasteiger partial charge on any atom is -0.507 e. The van der Waals surface area contributed by atoms with E-state index < -0.39 is 17.7 Å². The number of Topliss-reactive ketones (excluding diaryl/α,β-unsaturated/α-hetero) is 1. The first-order valence-corrected chi connectivity index (χ1v) is 12.4. The molecule has 188 valence electrons. The van der Waals surface area contributed by atoms with Gasteiger partial charge in [0.2, 0.25) is 0 Å². The molecule has 0 aliphatic carbocycles. The smallest absolute Gasteiger partial charge is 0.301 e. The first-order valence-electron chi connectivity index (χ1n) is 11.6. The highest BCUT2D eigenvalue weighted by Gasteiger charge is 2.49. The van der Waals surface area contributed by atoms with Crippen LogP contribution in [0.3, 0.4) is 0 Å². The Morgan fingerprint density at radius 1 is 1.00 bits per heavy atom. The average molecular weight is 517 g/mol. The van der Waals surface area contributed by atoms with Gasteiger partial charge in [-0.05, 0) is 55.5 Å². The summed E-state index contributed by atoms with van der Waals surface area (Å²) in [6.07, 6.45) is 0. The lowest BCUT2D eigenvalue weighted by molar-refractivity contribution is -0.132. The maximum atomic E-state index is 13.5. The van der Waals surface area contributed by atoms with E-state index in [1.54, 1.807) is 67.8 Å². The predicted octanol–water partition coefficient (Wildman–Crippen LogP) is 5.34. The largest absolute Gasteiger partial charge is 0.507 e. The second-order valence-electron chi connectivity index (χ2n) is 8.20. The fourth-order valence-electron chi connectivity index (χ4n) is 4.37. The highest BCUT2D eigenvalue weighted by molar-refractivity contribution is 7.22. The summed E-state index contributed by atoms with van der Waals surface area (Å²) in [6, 6.07) is 18.3. The summed E-state index contributed by atoms with van der Waals surface area (Å²) in [5, 5.41) is 11.7. The number of aliphatic hydroxyl groups excluding tert-OH is 1. The van der Waals surface area contributed by atoms with Gasteiger partial charge in [-0.15, -0.1) is 0 Å². The van der Waals surface area contributed by atoms with Crippen molar-refractivity contribution in [2.75, 3.05) is 25.7 Å². The van der Waals surface area contributed by atoms with Crippen molar-refractivity contribution < 1.29 is 28.9 Å². The van der Waals surface area contributed by atoms with E-state index in [4.69, 9.17) is 14.2 Å². The number of aliphatic hydroxyl groups is 1. The van der Waals surface area contributed by atoms with Crippen LogP contribution < -0.4 is 19.1 Å². The second kappa shape index (κ2) is 9.94. The molecule has 1 aliphatic rings. The normalized spacial score (nSPS) is 16.8. The Hall–Kier alpha value is -4.37. The van der Waals surface area contributed by atoms with Crippen molar-refractivity contribution in [1.29, 1.82) is 0 Å². The van der Waals surface area contributed by atoms with Gasteiger partial charge in [0.15, 0.2) is 5.13 Å². The molecule has 5 rings (SSSR count). The van der Waals surface area contributed by atoms with Crippen LogP contribution in [0, 0.1) is 0 Å². The SMILES string of the molecule is CCOc1ccc(C(O)=C2C(=O)C(=O)N(c3nc4ccc(OC)cc4s3)[C@H]2c2ccccc2OC)cc1. The number of carbonyl (C=O) groups is 2. The molecule has 0 radical (unpaired) electrons. The molecule has 0 bridgehead atoms. The number of rotatable bonds is 7. The summed E-state index contributed by atoms with van der Waals surface area (Å²) in [4.78, 5) is 32.9. The number of carbonyl (C=O) groups excluding carboxylic acids is 2. The van der Waals surface area contributed by atoms with Gasteiger partial charge in [0.1, 0.15) is 29.0 Å². The summed E-state index contributed by atoms with van der Waals surface area (Å²) in [7, 11) is 3.09. The molecule has 3 aromatic carbocycles. The van der Waals surface area contributed by atoms with Gasteiger partial charge >= 0.3 is 5.91 Å². The second-order valence-corrected chi connectivity index (χ2v) is 9.21. The van der Waals surface area contributed by atoms with Crippen LogP contribution in [-0.2, 0) is 9.59 Å². The molecule has 1 aromatic heterocycles.